The van der Waals surface area contributed by atoms with Gasteiger partial charge in [0, 0.05) is 42.0 Å². The van der Waals surface area contributed by atoms with E-state index in [9.17, 15) is 4.79 Å². The number of nitrogens with zero attached hydrogens (tertiary/aromatic N) is 4. The number of aromatic nitrogens is 5. The van der Waals surface area contributed by atoms with Gasteiger partial charge in [0.2, 0.25) is 11.1 Å². The summed E-state index contributed by atoms with van der Waals surface area (Å²) < 4.78 is 6.90. The number of rotatable bonds is 8. The quantitative estimate of drug-likeness (QED) is 0.345. The molecule has 1 amide bonds. The van der Waals surface area contributed by atoms with Gasteiger partial charge in [-0.15, -0.1) is 5.10 Å². The van der Waals surface area contributed by atoms with Gasteiger partial charge in [0.15, 0.2) is 0 Å². The number of para-hydroxylation sites is 1. The summed E-state index contributed by atoms with van der Waals surface area (Å²) in [6.45, 7) is 0.466. The summed E-state index contributed by atoms with van der Waals surface area (Å²) >= 11 is 1.29. The van der Waals surface area contributed by atoms with Crippen LogP contribution in [0.3, 0.4) is 0 Å². The zero-order chi connectivity index (χ0) is 22.6. The molecular formula is C24H22N6O2S. The van der Waals surface area contributed by atoms with Gasteiger partial charge in [-0.2, -0.15) is 4.98 Å². The van der Waals surface area contributed by atoms with Crippen molar-refractivity contribution in [2.75, 3.05) is 19.4 Å². The summed E-state index contributed by atoms with van der Waals surface area (Å²) in [5.41, 5.74) is 3.30. The average molecular weight is 459 g/mol. The van der Waals surface area contributed by atoms with Crippen molar-refractivity contribution in [1.29, 1.82) is 0 Å². The lowest BCUT2D eigenvalue weighted by atomic mass is 9.91. The molecule has 0 aliphatic heterocycles. The lowest BCUT2D eigenvalue weighted by molar-refractivity contribution is -0.118. The van der Waals surface area contributed by atoms with Crippen molar-refractivity contribution in [3.63, 3.8) is 0 Å². The van der Waals surface area contributed by atoms with Crippen LogP contribution >= 0.6 is 11.8 Å². The number of carbonyl (C=O) groups excluding carboxylic acids is 1. The molecule has 0 saturated carbocycles. The number of amides is 1. The van der Waals surface area contributed by atoms with E-state index in [-0.39, 0.29) is 17.6 Å². The molecule has 9 heteroatoms. The number of fused-ring (bicyclic) bond motifs is 2. The predicted molar refractivity (Wildman–Crippen MR) is 128 cm³/mol. The fraction of sp³-hybridized carbons (Fsp3) is 0.167. The zero-order valence-corrected chi connectivity index (χ0v) is 18.7. The zero-order valence-electron chi connectivity index (χ0n) is 17.9. The Morgan fingerprint density at radius 3 is 2.85 bits per heavy atom. The molecule has 0 aliphatic rings. The van der Waals surface area contributed by atoms with E-state index in [1.165, 1.54) is 11.8 Å². The number of hydrogen-bond acceptors (Lipinski definition) is 6. The average Bonchev–Trinajstić information content (AvgIpc) is 3.47. The van der Waals surface area contributed by atoms with Crippen LogP contribution in [0.25, 0.3) is 16.7 Å². The van der Waals surface area contributed by atoms with Crippen molar-refractivity contribution in [1.82, 2.24) is 29.9 Å². The number of methoxy groups -OCH3 is 1. The second-order valence-corrected chi connectivity index (χ2v) is 8.41. The van der Waals surface area contributed by atoms with Gasteiger partial charge in [0.05, 0.1) is 12.9 Å². The van der Waals surface area contributed by atoms with Gasteiger partial charge >= 0.3 is 0 Å². The van der Waals surface area contributed by atoms with Crippen LogP contribution in [-0.2, 0) is 4.79 Å². The Bertz CT molecular complexity index is 1360. The minimum absolute atomic E-state index is 0.0153. The fourth-order valence-corrected chi connectivity index (χ4v) is 4.45. The highest BCUT2D eigenvalue weighted by atomic mass is 32.2. The number of thioether (sulfide) groups is 1. The van der Waals surface area contributed by atoms with Gasteiger partial charge in [-0.3, -0.25) is 4.79 Å². The van der Waals surface area contributed by atoms with Crippen LogP contribution in [0, 0.1) is 0 Å². The van der Waals surface area contributed by atoms with Crippen LogP contribution in [0.4, 0.5) is 0 Å². The van der Waals surface area contributed by atoms with Crippen molar-refractivity contribution < 1.29 is 9.53 Å². The van der Waals surface area contributed by atoms with E-state index < -0.39 is 0 Å². The normalized spacial score (nSPS) is 12.2. The molecule has 1 atom stereocenters. The van der Waals surface area contributed by atoms with Crippen LogP contribution in [0.2, 0.25) is 0 Å². The Morgan fingerprint density at radius 2 is 2.03 bits per heavy atom. The van der Waals surface area contributed by atoms with Gasteiger partial charge in [-0.1, -0.05) is 42.1 Å². The van der Waals surface area contributed by atoms with Crippen molar-refractivity contribution >= 4 is 34.3 Å². The first-order valence-corrected chi connectivity index (χ1v) is 11.5. The Kier molecular flexibility index (Phi) is 5.95. The number of hydrogen-bond donors (Lipinski definition) is 2. The standard InChI is InChI=1S/C24H22N6O2S/c1-32-17-9-7-16(8-10-17)19(20-14-26-21-6-3-2-5-18(20)21)13-27-22(31)15-33-24-28-23-25-11-4-12-30(23)29-24/h2-12,14,19,26H,13,15H2,1H3,(H,27,31)/t19-/m0/s1. The molecule has 2 N–H and O–H groups in total. The van der Waals surface area contributed by atoms with Crippen LogP contribution in [0.1, 0.15) is 17.0 Å². The lowest BCUT2D eigenvalue weighted by Crippen LogP contribution is -2.30. The second-order valence-electron chi connectivity index (χ2n) is 7.47. The molecule has 166 valence electrons. The molecule has 0 unspecified atom stereocenters. The van der Waals surface area contributed by atoms with Crippen LogP contribution in [0.15, 0.2) is 78.3 Å². The smallest absolute Gasteiger partial charge is 0.253 e. The van der Waals surface area contributed by atoms with Crippen molar-refractivity contribution in [3.8, 4) is 5.75 Å². The topological polar surface area (TPSA) is 97.2 Å². The maximum absolute atomic E-state index is 12.7. The molecule has 0 fully saturated rings. The minimum atomic E-state index is -0.0785. The van der Waals surface area contributed by atoms with Crippen LogP contribution in [0.5, 0.6) is 5.75 Å². The molecule has 2 aromatic carbocycles. The first-order valence-electron chi connectivity index (χ1n) is 10.5. The molecule has 3 heterocycles. The lowest BCUT2D eigenvalue weighted by Gasteiger charge is -2.18. The van der Waals surface area contributed by atoms with E-state index in [1.807, 2.05) is 42.6 Å². The molecule has 8 nitrogen and oxygen atoms in total. The molecular weight excluding hydrogens is 436 g/mol. The Balaban J connectivity index is 1.31. The summed E-state index contributed by atoms with van der Waals surface area (Å²) in [5, 5.41) is 9.08. The SMILES string of the molecule is COc1ccc([C@H](CNC(=O)CSc2nc3ncccn3n2)c2c[nH]c3ccccc23)cc1. The number of benzene rings is 2. The van der Waals surface area contributed by atoms with Crippen LogP contribution < -0.4 is 10.1 Å². The number of carbonyl (C=O) groups is 1. The number of H-pyrrole nitrogens is 1. The van der Waals surface area contributed by atoms with Crippen molar-refractivity contribution in [3.05, 3.63) is 84.3 Å². The summed E-state index contributed by atoms with van der Waals surface area (Å²) in [6, 6.07) is 17.9. The highest BCUT2D eigenvalue weighted by Gasteiger charge is 2.19. The molecule has 0 aliphatic carbocycles. The van der Waals surface area contributed by atoms with E-state index >= 15 is 0 Å². The highest BCUT2D eigenvalue weighted by molar-refractivity contribution is 7.99. The molecule has 33 heavy (non-hydrogen) atoms. The molecule has 0 saturated heterocycles. The van der Waals surface area contributed by atoms with Gasteiger partial charge < -0.3 is 15.0 Å². The maximum atomic E-state index is 12.7. The van der Waals surface area contributed by atoms with E-state index in [2.05, 4.69) is 37.5 Å². The third-order valence-corrected chi connectivity index (χ3v) is 6.29. The molecule has 5 rings (SSSR count). The van der Waals surface area contributed by atoms with Crippen LogP contribution in [-0.4, -0.2) is 49.9 Å². The Morgan fingerprint density at radius 1 is 1.18 bits per heavy atom. The Labute approximate surface area is 194 Å². The number of nitrogens with one attached hydrogen (secondary N) is 2. The first-order chi connectivity index (χ1) is 16.2. The van der Waals surface area contributed by atoms with E-state index in [1.54, 1.807) is 30.1 Å². The highest BCUT2D eigenvalue weighted by Crippen LogP contribution is 2.31. The summed E-state index contributed by atoms with van der Waals surface area (Å²) in [7, 11) is 1.65. The fourth-order valence-electron chi connectivity index (χ4n) is 3.80. The summed E-state index contributed by atoms with van der Waals surface area (Å²) in [6.07, 6.45) is 5.46. The molecule has 0 spiro atoms. The molecule has 0 radical (unpaired) electrons. The largest absolute Gasteiger partial charge is 0.497 e. The summed E-state index contributed by atoms with van der Waals surface area (Å²) in [4.78, 5) is 24.5. The van der Waals surface area contributed by atoms with Gasteiger partial charge in [0.1, 0.15) is 5.75 Å². The number of aromatic amines is 1. The Hall–Kier alpha value is -3.85. The van der Waals surface area contributed by atoms with Crippen molar-refractivity contribution in [2.24, 2.45) is 0 Å². The van der Waals surface area contributed by atoms with Gasteiger partial charge in [0.25, 0.3) is 5.78 Å². The minimum Gasteiger partial charge on any atom is -0.497 e. The molecule has 5 aromatic rings. The number of ether oxygens (including phenoxy) is 1. The summed E-state index contributed by atoms with van der Waals surface area (Å²) in [5.74, 6) is 1.44. The third-order valence-electron chi connectivity index (χ3n) is 5.45. The van der Waals surface area contributed by atoms with E-state index in [4.69, 9.17) is 4.74 Å². The maximum Gasteiger partial charge on any atom is 0.253 e. The predicted octanol–water partition coefficient (Wildman–Crippen LogP) is 3.65. The second kappa shape index (κ2) is 9.33. The third kappa shape index (κ3) is 4.54. The molecule has 3 aromatic heterocycles. The van der Waals surface area contributed by atoms with Gasteiger partial charge in [-0.05, 0) is 35.4 Å². The van der Waals surface area contributed by atoms with E-state index in [0.29, 0.717) is 17.5 Å². The van der Waals surface area contributed by atoms with E-state index in [0.717, 1.165) is 27.8 Å². The van der Waals surface area contributed by atoms with Gasteiger partial charge in [-0.25, -0.2) is 9.50 Å². The monoisotopic (exact) mass is 458 g/mol. The van der Waals surface area contributed by atoms with Crippen molar-refractivity contribution in [2.45, 2.75) is 11.1 Å². The molecule has 0 bridgehead atoms. The first kappa shape index (κ1) is 21.0.